The number of nitrogens with one attached hydrogen (secondary N) is 1. The van der Waals surface area contributed by atoms with Gasteiger partial charge in [0.05, 0.1) is 18.9 Å². The molecule has 1 aromatic carbocycles. The van der Waals surface area contributed by atoms with Gasteiger partial charge < -0.3 is 9.84 Å². The van der Waals surface area contributed by atoms with Crippen molar-refractivity contribution in [3.63, 3.8) is 0 Å². The fourth-order valence-corrected chi connectivity index (χ4v) is 3.10. The van der Waals surface area contributed by atoms with E-state index in [1.807, 2.05) is 42.3 Å². The Bertz CT molecular complexity index is 666. The van der Waals surface area contributed by atoms with Crippen LogP contribution in [0.25, 0.3) is 11.3 Å². The van der Waals surface area contributed by atoms with Crippen LogP contribution in [-0.2, 0) is 9.53 Å². The van der Waals surface area contributed by atoms with Gasteiger partial charge in [-0.05, 0) is 24.2 Å². The average Bonchev–Trinajstić information content (AvgIpc) is 3.16. The molecule has 0 saturated carbocycles. The molecule has 2 N–H and O–H groups in total. The van der Waals surface area contributed by atoms with Crippen molar-refractivity contribution in [1.82, 2.24) is 20.0 Å². The molecule has 1 aliphatic rings. The van der Waals surface area contributed by atoms with Gasteiger partial charge in [0.1, 0.15) is 6.04 Å². The van der Waals surface area contributed by atoms with Crippen molar-refractivity contribution in [2.24, 2.45) is 0 Å². The highest BCUT2D eigenvalue weighted by Crippen LogP contribution is 2.23. The number of nitrogens with zero attached hydrogens (tertiary/aromatic N) is 3. The topological polar surface area (TPSA) is 81.7 Å². The van der Waals surface area contributed by atoms with Crippen LogP contribution < -0.4 is 0 Å². The molecule has 2 heterocycles. The highest BCUT2D eigenvalue weighted by Gasteiger charge is 2.25. The molecule has 0 bridgehead atoms. The maximum atomic E-state index is 11.8. The molecule has 0 amide bonds. The summed E-state index contributed by atoms with van der Waals surface area (Å²) in [4.78, 5) is 16.0. The molecule has 134 valence electrons. The summed E-state index contributed by atoms with van der Waals surface area (Å²) in [6.45, 7) is 4.85. The second-order valence-electron chi connectivity index (χ2n) is 6.27. The zero-order chi connectivity index (χ0) is 17.6. The highest BCUT2D eigenvalue weighted by molar-refractivity contribution is 5.76. The second kappa shape index (κ2) is 8.24. The van der Waals surface area contributed by atoms with Gasteiger partial charge in [-0.15, -0.1) is 0 Å². The number of benzene rings is 1. The Balaban J connectivity index is 1.66. The zero-order valence-corrected chi connectivity index (χ0v) is 14.4. The predicted molar refractivity (Wildman–Crippen MR) is 94.3 cm³/mol. The van der Waals surface area contributed by atoms with E-state index in [1.54, 1.807) is 6.20 Å². The Labute approximate surface area is 147 Å². The lowest BCUT2D eigenvalue weighted by Crippen LogP contribution is -2.42. The minimum Gasteiger partial charge on any atom is -0.480 e. The number of carbonyl (C=O) groups is 1. The number of hydrogen-bond acceptors (Lipinski definition) is 5. The Morgan fingerprint density at radius 3 is 2.64 bits per heavy atom. The largest absolute Gasteiger partial charge is 0.480 e. The summed E-state index contributed by atoms with van der Waals surface area (Å²) < 4.78 is 5.35. The number of ether oxygens (including phenoxy) is 1. The number of hydrogen-bond donors (Lipinski definition) is 2. The van der Waals surface area contributed by atoms with E-state index < -0.39 is 12.0 Å². The molecule has 0 aliphatic carbocycles. The van der Waals surface area contributed by atoms with Gasteiger partial charge in [0.25, 0.3) is 0 Å². The van der Waals surface area contributed by atoms with Crippen LogP contribution in [0.3, 0.4) is 0 Å². The number of likely N-dealkylation sites (N-methyl/N-ethyl adjacent to an activating group) is 1. The van der Waals surface area contributed by atoms with Crippen molar-refractivity contribution in [2.75, 3.05) is 46.4 Å². The van der Waals surface area contributed by atoms with Gasteiger partial charge in [-0.2, -0.15) is 5.10 Å². The summed E-state index contributed by atoms with van der Waals surface area (Å²) in [5.74, 6) is -0.834. The van der Waals surface area contributed by atoms with Gasteiger partial charge in [-0.1, -0.05) is 24.3 Å². The molecular weight excluding hydrogens is 320 g/mol. The van der Waals surface area contributed by atoms with Crippen LogP contribution >= 0.6 is 0 Å². The van der Waals surface area contributed by atoms with Crippen LogP contribution in [0.2, 0.25) is 0 Å². The number of aromatic nitrogens is 2. The van der Waals surface area contributed by atoms with Crippen molar-refractivity contribution in [1.29, 1.82) is 0 Å². The Kier molecular flexibility index (Phi) is 5.80. The van der Waals surface area contributed by atoms with E-state index in [-0.39, 0.29) is 0 Å². The van der Waals surface area contributed by atoms with E-state index in [1.165, 1.54) is 0 Å². The summed E-state index contributed by atoms with van der Waals surface area (Å²) in [6.07, 6.45) is 1.70. The number of H-pyrrole nitrogens is 1. The molecule has 0 radical (unpaired) electrons. The maximum absolute atomic E-state index is 11.8. The maximum Gasteiger partial charge on any atom is 0.325 e. The summed E-state index contributed by atoms with van der Waals surface area (Å²) in [7, 11) is 1.86. The first-order chi connectivity index (χ1) is 12.1. The number of rotatable bonds is 7. The zero-order valence-electron chi connectivity index (χ0n) is 14.4. The monoisotopic (exact) mass is 344 g/mol. The third-order valence-corrected chi connectivity index (χ3v) is 4.59. The van der Waals surface area contributed by atoms with Crippen molar-refractivity contribution >= 4 is 5.97 Å². The van der Waals surface area contributed by atoms with E-state index in [0.717, 1.165) is 49.7 Å². The van der Waals surface area contributed by atoms with Crippen LogP contribution in [-0.4, -0.2) is 77.5 Å². The quantitative estimate of drug-likeness (QED) is 0.791. The molecule has 0 spiro atoms. The minimum atomic E-state index is -0.834. The van der Waals surface area contributed by atoms with Crippen LogP contribution in [0.4, 0.5) is 0 Å². The van der Waals surface area contributed by atoms with E-state index in [0.29, 0.717) is 6.54 Å². The fraction of sp³-hybridized carbons (Fsp3) is 0.444. The summed E-state index contributed by atoms with van der Waals surface area (Å²) in [6, 6.07) is 8.83. The molecule has 1 aliphatic heterocycles. The lowest BCUT2D eigenvalue weighted by atomic mass is 10.0. The minimum absolute atomic E-state index is 0.656. The molecule has 1 unspecified atom stereocenters. The smallest absolute Gasteiger partial charge is 0.325 e. The van der Waals surface area contributed by atoms with E-state index >= 15 is 0 Å². The number of carboxylic acid groups (broad SMARTS) is 1. The van der Waals surface area contributed by atoms with Crippen molar-refractivity contribution < 1.29 is 14.6 Å². The highest BCUT2D eigenvalue weighted by atomic mass is 16.5. The number of aliphatic carboxylic acids is 1. The van der Waals surface area contributed by atoms with Crippen molar-refractivity contribution in [2.45, 2.75) is 6.04 Å². The van der Waals surface area contributed by atoms with Crippen LogP contribution in [0.5, 0.6) is 0 Å². The summed E-state index contributed by atoms with van der Waals surface area (Å²) >= 11 is 0. The van der Waals surface area contributed by atoms with Crippen molar-refractivity contribution in [3.05, 3.63) is 42.1 Å². The Morgan fingerprint density at radius 1 is 1.32 bits per heavy atom. The summed E-state index contributed by atoms with van der Waals surface area (Å²) in [5, 5.41) is 16.5. The van der Waals surface area contributed by atoms with Gasteiger partial charge in [0, 0.05) is 32.4 Å². The molecule has 2 aromatic rings. The van der Waals surface area contributed by atoms with Crippen LogP contribution in [0, 0.1) is 0 Å². The standard InChI is InChI=1S/C18H24N4O3/c1-21(8-9-22-10-12-25-13-11-22)17(18(23)24)15-4-2-14(3-5-15)16-6-7-19-20-16/h2-7,17H,8-13H2,1H3,(H,19,20)(H,23,24). The molecule has 1 saturated heterocycles. The van der Waals surface area contributed by atoms with Crippen molar-refractivity contribution in [3.8, 4) is 11.3 Å². The molecule has 25 heavy (non-hydrogen) atoms. The van der Waals surface area contributed by atoms with Gasteiger partial charge >= 0.3 is 5.97 Å². The first kappa shape index (κ1) is 17.6. The fourth-order valence-electron chi connectivity index (χ4n) is 3.10. The average molecular weight is 344 g/mol. The normalized spacial score (nSPS) is 16.9. The molecule has 1 fully saturated rings. The van der Waals surface area contributed by atoms with Crippen LogP contribution in [0.1, 0.15) is 11.6 Å². The van der Waals surface area contributed by atoms with Gasteiger partial charge in [-0.3, -0.25) is 19.7 Å². The van der Waals surface area contributed by atoms with Gasteiger partial charge in [0.15, 0.2) is 0 Å². The first-order valence-corrected chi connectivity index (χ1v) is 8.48. The van der Waals surface area contributed by atoms with E-state index in [2.05, 4.69) is 15.1 Å². The lowest BCUT2D eigenvalue weighted by molar-refractivity contribution is -0.143. The number of morpholine rings is 1. The van der Waals surface area contributed by atoms with Gasteiger partial charge in [-0.25, -0.2) is 0 Å². The first-order valence-electron chi connectivity index (χ1n) is 8.48. The van der Waals surface area contributed by atoms with Crippen LogP contribution in [0.15, 0.2) is 36.5 Å². The third kappa shape index (κ3) is 4.45. The molecule has 7 nitrogen and oxygen atoms in total. The SMILES string of the molecule is CN(CCN1CCOCC1)C(C(=O)O)c1ccc(-c2ccn[nH]2)cc1. The molecular formula is C18H24N4O3. The molecule has 1 aromatic heterocycles. The summed E-state index contributed by atoms with van der Waals surface area (Å²) in [5.41, 5.74) is 2.68. The number of aromatic amines is 1. The van der Waals surface area contributed by atoms with Gasteiger partial charge in [0.2, 0.25) is 0 Å². The van der Waals surface area contributed by atoms with E-state index in [4.69, 9.17) is 4.74 Å². The molecule has 3 rings (SSSR count). The lowest BCUT2D eigenvalue weighted by Gasteiger charge is -2.30. The molecule has 1 atom stereocenters. The third-order valence-electron chi connectivity index (χ3n) is 4.59. The molecule has 7 heteroatoms. The Hall–Kier alpha value is -2.22. The second-order valence-corrected chi connectivity index (χ2v) is 6.27. The predicted octanol–water partition coefficient (Wildman–Crippen LogP) is 1.47. The number of carboxylic acids is 1. The Morgan fingerprint density at radius 2 is 2.04 bits per heavy atom. The van der Waals surface area contributed by atoms with E-state index in [9.17, 15) is 9.90 Å².